The SMILES string of the molecule is CN(C)C(=O)C(C)(C)c1ccc(Nc2nc(N3CCOCC3)nc3c2CCN(c2ncccc2C(F)(F)F)CC3)cc1. The number of fused-ring (bicyclic) bond motifs is 1. The summed E-state index contributed by atoms with van der Waals surface area (Å²) in [6.45, 7) is 6.91. The quantitative estimate of drug-likeness (QED) is 0.456. The third-order valence-corrected chi connectivity index (χ3v) is 7.83. The monoisotopic (exact) mass is 583 g/mol. The molecule has 1 aromatic carbocycles. The van der Waals surface area contributed by atoms with E-state index in [4.69, 9.17) is 14.7 Å². The number of amides is 1. The number of carbonyl (C=O) groups is 1. The Bertz CT molecular complexity index is 1420. The first kappa shape index (κ1) is 29.6. The predicted molar refractivity (Wildman–Crippen MR) is 155 cm³/mol. The normalized spacial score (nSPS) is 16.1. The molecule has 1 fully saturated rings. The van der Waals surface area contributed by atoms with Crippen LogP contribution in [0.25, 0.3) is 0 Å². The average molecular weight is 584 g/mol. The Hall–Kier alpha value is -3.93. The first-order chi connectivity index (χ1) is 19.9. The van der Waals surface area contributed by atoms with Crippen molar-refractivity contribution in [3.8, 4) is 0 Å². The molecule has 0 bridgehead atoms. The lowest BCUT2D eigenvalue weighted by atomic mass is 9.83. The minimum absolute atomic E-state index is 0.00521. The first-order valence-corrected chi connectivity index (χ1v) is 14.0. The largest absolute Gasteiger partial charge is 0.419 e. The van der Waals surface area contributed by atoms with Gasteiger partial charge in [0.05, 0.1) is 29.9 Å². The van der Waals surface area contributed by atoms with Gasteiger partial charge in [-0.3, -0.25) is 4.79 Å². The second-order valence-corrected chi connectivity index (χ2v) is 11.3. The molecule has 2 aliphatic rings. The van der Waals surface area contributed by atoms with Gasteiger partial charge in [0.2, 0.25) is 11.9 Å². The van der Waals surface area contributed by atoms with Crippen molar-refractivity contribution in [2.45, 2.75) is 38.3 Å². The third-order valence-electron chi connectivity index (χ3n) is 7.83. The molecule has 0 radical (unpaired) electrons. The number of hydrogen-bond acceptors (Lipinski definition) is 8. The number of halogens is 3. The Morgan fingerprint density at radius 2 is 1.64 bits per heavy atom. The molecule has 0 aliphatic carbocycles. The lowest BCUT2D eigenvalue weighted by molar-refractivity contribution is -0.137. The number of morpholine rings is 1. The number of hydrogen-bond donors (Lipinski definition) is 1. The van der Waals surface area contributed by atoms with E-state index >= 15 is 0 Å². The summed E-state index contributed by atoms with van der Waals surface area (Å²) in [5.74, 6) is 1.12. The summed E-state index contributed by atoms with van der Waals surface area (Å²) in [5.41, 5.74) is 1.90. The summed E-state index contributed by atoms with van der Waals surface area (Å²) in [6.07, 6.45) is -2.23. The van der Waals surface area contributed by atoms with Crippen LogP contribution in [-0.2, 0) is 34.0 Å². The van der Waals surface area contributed by atoms with Gasteiger partial charge in [-0.15, -0.1) is 0 Å². The number of rotatable bonds is 6. The van der Waals surface area contributed by atoms with E-state index in [-0.39, 0.29) is 11.7 Å². The topological polar surface area (TPSA) is 86.7 Å². The molecule has 12 heteroatoms. The number of ether oxygens (including phenoxy) is 1. The Labute approximate surface area is 243 Å². The number of aromatic nitrogens is 3. The summed E-state index contributed by atoms with van der Waals surface area (Å²) in [7, 11) is 3.48. The van der Waals surface area contributed by atoms with Crippen molar-refractivity contribution in [3.63, 3.8) is 0 Å². The number of likely N-dealkylation sites (N-methyl/N-ethyl adjacent to an activating group) is 1. The number of nitrogens with one attached hydrogen (secondary N) is 1. The Balaban J connectivity index is 1.46. The predicted octanol–water partition coefficient (Wildman–Crippen LogP) is 4.44. The fraction of sp³-hybridized carbons (Fsp3) is 0.467. The minimum atomic E-state index is -4.50. The molecule has 1 saturated heterocycles. The van der Waals surface area contributed by atoms with Crippen LogP contribution in [0.15, 0.2) is 42.6 Å². The molecule has 0 saturated carbocycles. The molecule has 1 amide bonds. The molecule has 0 spiro atoms. The maximum Gasteiger partial charge on any atom is 0.419 e. The number of anilines is 4. The zero-order valence-electron chi connectivity index (χ0n) is 24.3. The van der Waals surface area contributed by atoms with E-state index < -0.39 is 17.2 Å². The van der Waals surface area contributed by atoms with E-state index in [1.807, 2.05) is 38.1 Å². The standard InChI is InChI=1S/C30H36F3N7O2/c1-29(2,27(41)38(3)4)20-7-9-21(10-8-20)35-25-22-11-14-39(26-23(30(31,32)33)6-5-13-34-26)15-12-24(22)36-28(37-25)40-16-18-42-19-17-40/h5-10,13H,11-12,14-19H2,1-4H3,(H,35,36,37). The molecule has 0 unspecified atom stereocenters. The highest BCUT2D eigenvalue weighted by molar-refractivity contribution is 5.87. The van der Waals surface area contributed by atoms with Crippen LogP contribution in [-0.4, -0.2) is 79.2 Å². The highest BCUT2D eigenvalue weighted by Crippen LogP contribution is 2.36. The molecular formula is C30H36F3N7O2. The van der Waals surface area contributed by atoms with Crippen LogP contribution < -0.4 is 15.1 Å². The van der Waals surface area contributed by atoms with Crippen LogP contribution in [0.3, 0.4) is 0 Å². The molecule has 2 aromatic heterocycles. The van der Waals surface area contributed by atoms with Gasteiger partial charge >= 0.3 is 6.18 Å². The number of nitrogens with zero attached hydrogens (tertiary/aromatic N) is 6. The number of pyridine rings is 1. The Morgan fingerprint density at radius 3 is 2.31 bits per heavy atom. The molecule has 42 heavy (non-hydrogen) atoms. The molecule has 0 atom stereocenters. The van der Waals surface area contributed by atoms with Crippen LogP contribution in [0.4, 0.5) is 36.4 Å². The van der Waals surface area contributed by atoms with Crippen molar-refractivity contribution >= 4 is 29.2 Å². The van der Waals surface area contributed by atoms with E-state index in [1.165, 1.54) is 12.3 Å². The molecule has 3 aromatic rings. The lowest BCUT2D eigenvalue weighted by Crippen LogP contribution is -2.39. The van der Waals surface area contributed by atoms with Gasteiger partial charge in [0.15, 0.2) is 0 Å². The second-order valence-electron chi connectivity index (χ2n) is 11.3. The van der Waals surface area contributed by atoms with Gasteiger partial charge in [-0.05, 0) is 50.1 Å². The van der Waals surface area contributed by atoms with Crippen LogP contribution in [0.2, 0.25) is 0 Å². The highest BCUT2D eigenvalue weighted by atomic mass is 19.4. The summed E-state index contributed by atoms with van der Waals surface area (Å²) in [4.78, 5) is 32.0. The van der Waals surface area contributed by atoms with Gasteiger partial charge in [0.1, 0.15) is 11.6 Å². The molecule has 1 N–H and O–H groups in total. The fourth-order valence-corrected chi connectivity index (χ4v) is 5.47. The summed E-state index contributed by atoms with van der Waals surface area (Å²) in [6, 6.07) is 10.1. The van der Waals surface area contributed by atoms with Crippen molar-refractivity contribution in [1.82, 2.24) is 19.9 Å². The Kier molecular flexibility index (Phi) is 8.27. The molecular weight excluding hydrogens is 547 g/mol. The summed E-state index contributed by atoms with van der Waals surface area (Å²) in [5, 5.41) is 3.44. The van der Waals surface area contributed by atoms with Crippen LogP contribution in [0, 0.1) is 0 Å². The van der Waals surface area contributed by atoms with Crippen molar-refractivity contribution in [2.24, 2.45) is 0 Å². The number of benzene rings is 1. The molecule has 224 valence electrons. The smallest absolute Gasteiger partial charge is 0.378 e. The van der Waals surface area contributed by atoms with Gasteiger partial charge in [-0.2, -0.15) is 18.2 Å². The zero-order chi connectivity index (χ0) is 30.1. The van der Waals surface area contributed by atoms with Crippen molar-refractivity contribution in [1.29, 1.82) is 0 Å². The van der Waals surface area contributed by atoms with E-state index in [0.717, 1.165) is 28.6 Å². The van der Waals surface area contributed by atoms with Crippen molar-refractivity contribution in [2.75, 3.05) is 68.6 Å². The lowest BCUT2D eigenvalue weighted by Gasteiger charge is -2.28. The highest BCUT2D eigenvalue weighted by Gasteiger charge is 2.36. The van der Waals surface area contributed by atoms with E-state index in [0.29, 0.717) is 64.0 Å². The van der Waals surface area contributed by atoms with Crippen LogP contribution >= 0.6 is 0 Å². The summed E-state index contributed by atoms with van der Waals surface area (Å²) >= 11 is 0. The van der Waals surface area contributed by atoms with Gasteiger partial charge in [0, 0.05) is 64.1 Å². The number of alkyl halides is 3. The van der Waals surface area contributed by atoms with E-state index in [9.17, 15) is 18.0 Å². The molecule has 4 heterocycles. The van der Waals surface area contributed by atoms with Crippen molar-refractivity contribution in [3.05, 3.63) is 65.0 Å². The van der Waals surface area contributed by atoms with Crippen LogP contribution in [0.5, 0.6) is 0 Å². The molecule has 5 rings (SSSR count). The second kappa shape index (κ2) is 11.7. The maximum atomic E-state index is 13.8. The Morgan fingerprint density at radius 1 is 0.952 bits per heavy atom. The van der Waals surface area contributed by atoms with E-state index in [2.05, 4.69) is 15.2 Å². The molecule has 9 nitrogen and oxygen atoms in total. The first-order valence-electron chi connectivity index (χ1n) is 14.0. The average Bonchev–Trinajstić information content (AvgIpc) is 3.20. The van der Waals surface area contributed by atoms with E-state index in [1.54, 1.807) is 23.9 Å². The van der Waals surface area contributed by atoms with Gasteiger partial charge in [-0.1, -0.05) is 12.1 Å². The van der Waals surface area contributed by atoms with Crippen molar-refractivity contribution < 1.29 is 22.7 Å². The molecule has 2 aliphatic heterocycles. The van der Waals surface area contributed by atoms with Gasteiger partial charge < -0.3 is 24.8 Å². The summed E-state index contributed by atoms with van der Waals surface area (Å²) < 4.78 is 46.9. The van der Waals surface area contributed by atoms with Gasteiger partial charge in [0.25, 0.3) is 0 Å². The number of carbonyl (C=O) groups excluding carboxylic acids is 1. The van der Waals surface area contributed by atoms with Gasteiger partial charge in [-0.25, -0.2) is 9.97 Å². The minimum Gasteiger partial charge on any atom is -0.378 e. The maximum absolute atomic E-state index is 13.8. The van der Waals surface area contributed by atoms with Crippen LogP contribution in [0.1, 0.15) is 36.2 Å². The third kappa shape index (κ3) is 6.13. The zero-order valence-corrected chi connectivity index (χ0v) is 24.3. The fourth-order valence-electron chi connectivity index (χ4n) is 5.47.